The first-order valence-electron chi connectivity index (χ1n) is 4.48. The van der Waals surface area contributed by atoms with E-state index in [2.05, 4.69) is 13.0 Å². The highest BCUT2D eigenvalue weighted by molar-refractivity contribution is 7.98. The van der Waals surface area contributed by atoms with Crippen LogP contribution in [0.4, 0.5) is 0 Å². The topological polar surface area (TPSA) is 17.1 Å². The molecular formula is C11H12OS. The summed E-state index contributed by atoms with van der Waals surface area (Å²) in [7, 11) is 0. The van der Waals surface area contributed by atoms with Gasteiger partial charge in [-0.25, -0.2) is 0 Å². The molecule has 0 saturated carbocycles. The summed E-state index contributed by atoms with van der Waals surface area (Å²) in [6.45, 7) is 2.08. The van der Waals surface area contributed by atoms with E-state index in [1.807, 2.05) is 23.9 Å². The zero-order chi connectivity index (χ0) is 9.26. The second-order valence-corrected chi connectivity index (χ2v) is 4.43. The number of hydrogen-bond donors (Lipinski definition) is 0. The maximum atomic E-state index is 11.6. The number of rotatable bonds is 0. The van der Waals surface area contributed by atoms with Gasteiger partial charge in [0.2, 0.25) is 0 Å². The van der Waals surface area contributed by atoms with Crippen LogP contribution in [0.1, 0.15) is 27.9 Å². The van der Waals surface area contributed by atoms with Crippen molar-refractivity contribution in [3.8, 4) is 0 Å². The van der Waals surface area contributed by atoms with E-state index in [1.54, 1.807) is 0 Å². The molecule has 2 heteroatoms. The minimum atomic E-state index is 0.309. The molecule has 0 saturated heterocycles. The zero-order valence-electron chi connectivity index (χ0n) is 7.67. The third-order valence-electron chi connectivity index (χ3n) is 2.43. The molecule has 1 aromatic carbocycles. The molecule has 1 aliphatic rings. The van der Waals surface area contributed by atoms with Crippen molar-refractivity contribution < 1.29 is 4.79 Å². The van der Waals surface area contributed by atoms with Gasteiger partial charge in [-0.1, -0.05) is 18.2 Å². The third-order valence-corrected chi connectivity index (χ3v) is 3.42. The molecule has 2 rings (SSSR count). The minimum Gasteiger partial charge on any atom is -0.294 e. The van der Waals surface area contributed by atoms with Crippen molar-refractivity contribution in [1.82, 2.24) is 0 Å². The summed E-state index contributed by atoms with van der Waals surface area (Å²) in [4.78, 5) is 11.6. The first-order valence-corrected chi connectivity index (χ1v) is 5.64. The molecule has 0 aliphatic carbocycles. The van der Waals surface area contributed by atoms with Crippen molar-refractivity contribution in [3.63, 3.8) is 0 Å². The SMILES string of the molecule is Cc1cccc2c1CSCCC2=O. The summed E-state index contributed by atoms with van der Waals surface area (Å²) in [5.41, 5.74) is 3.44. The lowest BCUT2D eigenvalue weighted by atomic mass is 9.99. The van der Waals surface area contributed by atoms with Gasteiger partial charge in [0, 0.05) is 23.5 Å². The Balaban J connectivity index is 2.54. The largest absolute Gasteiger partial charge is 0.294 e. The Labute approximate surface area is 82.5 Å². The first-order chi connectivity index (χ1) is 6.29. The molecule has 1 heterocycles. The maximum Gasteiger partial charge on any atom is 0.164 e. The van der Waals surface area contributed by atoms with E-state index < -0.39 is 0 Å². The average Bonchev–Trinajstić information content (AvgIpc) is 2.30. The van der Waals surface area contributed by atoms with Gasteiger partial charge >= 0.3 is 0 Å². The highest BCUT2D eigenvalue weighted by Gasteiger charge is 2.16. The molecule has 13 heavy (non-hydrogen) atoms. The molecular weight excluding hydrogens is 180 g/mol. The quantitative estimate of drug-likeness (QED) is 0.628. The number of Topliss-reactive ketones (excluding diaryl/α,β-unsaturated/α-hetero) is 1. The summed E-state index contributed by atoms with van der Waals surface area (Å²) >= 11 is 1.86. The van der Waals surface area contributed by atoms with Gasteiger partial charge < -0.3 is 0 Å². The van der Waals surface area contributed by atoms with Crippen LogP contribution in [0.15, 0.2) is 18.2 Å². The molecule has 0 spiro atoms. The lowest BCUT2D eigenvalue weighted by Gasteiger charge is -2.06. The zero-order valence-corrected chi connectivity index (χ0v) is 8.49. The van der Waals surface area contributed by atoms with E-state index in [9.17, 15) is 4.79 Å². The van der Waals surface area contributed by atoms with Gasteiger partial charge in [0.25, 0.3) is 0 Å². The normalized spacial score (nSPS) is 16.5. The van der Waals surface area contributed by atoms with Crippen LogP contribution < -0.4 is 0 Å². The van der Waals surface area contributed by atoms with E-state index in [0.29, 0.717) is 12.2 Å². The van der Waals surface area contributed by atoms with Crippen LogP contribution in [0.25, 0.3) is 0 Å². The van der Waals surface area contributed by atoms with E-state index >= 15 is 0 Å². The van der Waals surface area contributed by atoms with Crippen LogP contribution in [-0.4, -0.2) is 11.5 Å². The Kier molecular flexibility index (Phi) is 2.40. The van der Waals surface area contributed by atoms with Gasteiger partial charge in [0.15, 0.2) is 5.78 Å². The highest BCUT2D eigenvalue weighted by atomic mass is 32.2. The van der Waals surface area contributed by atoms with Gasteiger partial charge in [-0.15, -0.1) is 0 Å². The van der Waals surface area contributed by atoms with Gasteiger partial charge in [0.1, 0.15) is 0 Å². The summed E-state index contributed by atoms with van der Waals surface area (Å²) < 4.78 is 0. The second-order valence-electron chi connectivity index (χ2n) is 3.33. The molecule has 0 N–H and O–H groups in total. The van der Waals surface area contributed by atoms with Gasteiger partial charge in [-0.2, -0.15) is 11.8 Å². The van der Waals surface area contributed by atoms with Crippen LogP contribution in [0.3, 0.4) is 0 Å². The monoisotopic (exact) mass is 192 g/mol. The molecule has 0 amide bonds. The fourth-order valence-electron chi connectivity index (χ4n) is 1.63. The molecule has 0 atom stereocenters. The van der Waals surface area contributed by atoms with Crippen molar-refractivity contribution in [2.24, 2.45) is 0 Å². The minimum absolute atomic E-state index is 0.309. The number of aryl methyl sites for hydroxylation is 1. The molecule has 1 aliphatic heterocycles. The van der Waals surface area contributed by atoms with Crippen molar-refractivity contribution in [2.75, 3.05) is 5.75 Å². The van der Waals surface area contributed by atoms with Crippen molar-refractivity contribution in [2.45, 2.75) is 19.1 Å². The molecule has 1 aromatic rings. The highest BCUT2D eigenvalue weighted by Crippen LogP contribution is 2.25. The van der Waals surface area contributed by atoms with Gasteiger partial charge in [-0.05, 0) is 18.1 Å². The molecule has 0 radical (unpaired) electrons. The van der Waals surface area contributed by atoms with Crippen LogP contribution in [0, 0.1) is 6.92 Å². The van der Waals surface area contributed by atoms with Gasteiger partial charge in [0.05, 0.1) is 0 Å². The van der Waals surface area contributed by atoms with Crippen molar-refractivity contribution in [3.05, 3.63) is 34.9 Å². The smallest absolute Gasteiger partial charge is 0.164 e. The predicted molar refractivity (Wildman–Crippen MR) is 56.3 cm³/mol. The van der Waals surface area contributed by atoms with Crippen molar-refractivity contribution in [1.29, 1.82) is 0 Å². The first kappa shape index (κ1) is 8.82. The molecule has 0 bridgehead atoms. The number of carbonyl (C=O) groups is 1. The third kappa shape index (κ3) is 1.63. The molecule has 0 unspecified atom stereocenters. The number of thioether (sulfide) groups is 1. The van der Waals surface area contributed by atoms with E-state index in [4.69, 9.17) is 0 Å². The molecule has 0 aromatic heterocycles. The number of hydrogen-bond acceptors (Lipinski definition) is 2. The summed E-state index contributed by atoms with van der Waals surface area (Å²) in [5, 5.41) is 0. The standard InChI is InChI=1S/C11H12OS/c1-8-3-2-4-9-10(8)7-13-6-5-11(9)12/h2-4H,5-7H2,1H3. The van der Waals surface area contributed by atoms with Crippen molar-refractivity contribution >= 4 is 17.5 Å². The second kappa shape index (κ2) is 3.54. The Bertz CT molecular complexity index is 344. The summed E-state index contributed by atoms with van der Waals surface area (Å²) in [5.74, 6) is 2.27. The fourth-order valence-corrected chi connectivity index (χ4v) is 2.69. The Hall–Kier alpha value is -0.760. The Morgan fingerprint density at radius 3 is 3.08 bits per heavy atom. The fraction of sp³-hybridized carbons (Fsp3) is 0.364. The summed E-state index contributed by atoms with van der Waals surface area (Å²) in [6.07, 6.45) is 0.696. The van der Waals surface area contributed by atoms with Crippen LogP contribution in [0.5, 0.6) is 0 Å². The maximum absolute atomic E-state index is 11.6. The van der Waals surface area contributed by atoms with Crippen LogP contribution in [-0.2, 0) is 5.75 Å². The Morgan fingerprint density at radius 1 is 1.38 bits per heavy atom. The van der Waals surface area contributed by atoms with E-state index in [-0.39, 0.29) is 0 Å². The summed E-state index contributed by atoms with van der Waals surface area (Å²) in [6, 6.07) is 6.01. The molecule has 1 nitrogen and oxygen atoms in total. The predicted octanol–water partition coefficient (Wildman–Crippen LogP) is 2.81. The number of fused-ring (bicyclic) bond motifs is 1. The van der Waals surface area contributed by atoms with Crippen LogP contribution in [0.2, 0.25) is 0 Å². The number of carbonyl (C=O) groups excluding carboxylic acids is 1. The van der Waals surface area contributed by atoms with Crippen LogP contribution >= 0.6 is 11.8 Å². The average molecular weight is 192 g/mol. The number of ketones is 1. The van der Waals surface area contributed by atoms with Gasteiger partial charge in [-0.3, -0.25) is 4.79 Å². The van der Waals surface area contributed by atoms with E-state index in [1.165, 1.54) is 11.1 Å². The Morgan fingerprint density at radius 2 is 2.23 bits per heavy atom. The van der Waals surface area contributed by atoms with E-state index in [0.717, 1.165) is 17.1 Å². The lowest BCUT2D eigenvalue weighted by Crippen LogP contribution is -2.01. The molecule has 68 valence electrons. The lowest BCUT2D eigenvalue weighted by molar-refractivity contribution is 0.0989. The number of benzene rings is 1. The molecule has 0 fully saturated rings.